The Bertz CT molecular complexity index is 1430. The molecule has 1 amide bonds. The van der Waals surface area contributed by atoms with Crippen molar-refractivity contribution in [3.63, 3.8) is 0 Å². The van der Waals surface area contributed by atoms with Gasteiger partial charge in [-0.3, -0.25) is 14.5 Å². The minimum atomic E-state index is -0.692. The number of phenols is 3. The van der Waals surface area contributed by atoms with E-state index in [4.69, 9.17) is 4.74 Å². The molecule has 2 atom stereocenters. The number of pyridine rings is 1. The zero-order chi connectivity index (χ0) is 26.8. The van der Waals surface area contributed by atoms with Gasteiger partial charge < -0.3 is 24.6 Å². The van der Waals surface area contributed by atoms with Gasteiger partial charge in [0.15, 0.2) is 17.2 Å². The van der Waals surface area contributed by atoms with Gasteiger partial charge in [-0.25, -0.2) is 5.43 Å². The summed E-state index contributed by atoms with van der Waals surface area (Å²) in [6, 6.07) is 13.3. The fourth-order valence-corrected chi connectivity index (χ4v) is 5.43. The molecule has 3 heterocycles. The summed E-state index contributed by atoms with van der Waals surface area (Å²) in [6.07, 6.45) is 2.59. The second kappa shape index (κ2) is 10.6. The molecule has 0 saturated carbocycles. The van der Waals surface area contributed by atoms with Crippen molar-refractivity contribution in [2.45, 2.75) is 32.4 Å². The van der Waals surface area contributed by atoms with Gasteiger partial charge in [-0.15, -0.1) is 0 Å². The lowest BCUT2D eigenvalue weighted by Gasteiger charge is -2.43. The molecule has 0 spiro atoms. The minimum Gasteiger partial charge on any atom is -0.504 e. The Morgan fingerprint density at radius 2 is 1.89 bits per heavy atom. The number of hydrogen-bond donors (Lipinski definition) is 4. The summed E-state index contributed by atoms with van der Waals surface area (Å²) in [6.45, 7) is 5.64. The SMILES string of the molecule is CCOc1ccc(/C=N\NC(=O)c2cc(O)c(O)c(O)c2)cc1CN1C[C@H]2C[C@@H](C1)c1cccc(=O)n1C2. The maximum Gasteiger partial charge on any atom is 0.271 e. The molecule has 10 nitrogen and oxygen atoms in total. The standard InChI is InChI=1S/C28H30N4O6/c1-2-38-25-7-6-17(12-29-30-28(37)19-10-23(33)27(36)24(34)11-19)8-21(25)16-31-13-18-9-20(15-31)22-4-3-5-26(35)32(22)14-18/h3-8,10-12,18,20,33-34,36H,2,9,13-16H2,1H3,(H,30,37)/b29-12-/t18-,20+/m1/s1. The third kappa shape index (κ3) is 5.21. The molecular formula is C28H30N4O6. The van der Waals surface area contributed by atoms with Gasteiger partial charge in [0.1, 0.15) is 5.75 Å². The van der Waals surface area contributed by atoms with Crippen LogP contribution in [0.5, 0.6) is 23.0 Å². The number of aromatic hydroxyl groups is 3. The lowest BCUT2D eigenvalue weighted by Crippen LogP contribution is -2.46. The van der Waals surface area contributed by atoms with Crippen LogP contribution in [0.15, 0.2) is 58.4 Å². The van der Waals surface area contributed by atoms with E-state index in [2.05, 4.69) is 21.5 Å². The average Bonchev–Trinajstić information content (AvgIpc) is 2.89. The van der Waals surface area contributed by atoms with Crippen LogP contribution < -0.4 is 15.7 Å². The Labute approximate surface area is 219 Å². The van der Waals surface area contributed by atoms with Crippen LogP contribution in [0.3, 0.4) is 0 Å². The molecule has 0 unspecified atom stereocenters. The van der Waals surface area contributed by atoms with E-state index in [1.54, 1.807) is 6.07 Å². The molecule has 1 fully saturated rings. The lowest BCUT2D eigenvalue weighted by atomic mass is 9.83. The second-order valence-electron chi connectivity index (χ2n) is 9.75. The van der Waals surface area contributed by atoms with Crippen LogP contribution in [-0.4, -0.2) is 56.6 Å². The largest absolute Gasteiger partial charge is 0.504 e. The van der Waals surface area contributed by atoms with Crippen molar-refractivity contribution >= 4 is 12.1 Å². The molecule has 10 heteroatoms. The predicted octanol–water partition coefficient (Wildman–Crippen LogP) is 2.75. The molecule has 0 aliphatic carbocycles. The summed E-state index contributed by atoms with van der Waals surface area (Å²) in [5, 5.41) is 32.7. The average molecular weight is 519 g/mol. The Kier molecular flexibility index (Phi) is 7.06. The van der Waals surface area contributed by atoms with E-state index in [1.807, 2.05) is 35.8 Å². The number of nitrogens with zero attached hydrogens (tertiary/aromatic N) is 3. The van der Waals surface area contributed by atoms with E-state index in [9.17, 15) is 24.9 Å². The first-order valence-corrected chi connectivity index (χ1v) is 12.6. The van der Waals surface area contributed by atoms with Gasteiger partial charge in [0, 0.05) is 55.0 Å². The number of likely N-dealkylation sites (tertiary alicyclic amines) is 1. The lowest BCUT2D eigenvalue weighted by molar-refractivity contribution is 0.0954. The summed E-state index contributed by atoms with van der Waals surface area (Å²) in [5.74, 6) is -1.04. The van der Waals surface area contributed by atoms with Gasteiger partial charge in [0.2, 0.25) is 0 Å². The van der Waals surface area contributed by atoms with Crippen molar-refractivity contribution in [3.8, 4) is 23.0 Å². The summed E-state index contributed by atoms with van der Waals surface area (Å²) >= 11 is 0. The van der Waals surface area contributed by atoms with Gasteiger partial charge in [-0.05, 0) is 61.2 Å². The van der Waals surface area contributed by atoms with Crippen LogP contribution in [0, 0.1) is 5.92 Å². The number of carbonyl (C=O) groups is 1. The summed E-state index contributed by atoms with van der Waals surface area (Å²) in [4.78, 5) is 27.1. The van der Waals surface area contributed by atoms with E-state index < -0.39 is 23.2 Å². The number of hydrogen-bond acceptors (Lipinski definition) is 8. The topological polar surface area (TPSA) is 137 Å². The number of phenolic OH excluding ortho intramolecular Hbond substituents is 3. The molecule has 38 heavy (non-hydrogen) atoms. The number of nitrogens with one attached hydrogen (secondary N) is 1. The zero-order valence-electron chi connectivity index (χ0n) is 21.0. The maximum absolute atomic E-state index is 12.3. The van der Waals surface area contributed by atoms with Crippen LogP contribution in [-0.2, 0) is 13.1 Å². The smallest absolute Gasteiger partial charge is 0.271 e. The first-order valence-electron chi connectivity index (χ1n) is 12.6. The van der Waals surface area contributed by atoms with Crippen molar-refractivity contribution in [2.24, 2.45) is 11.0 Å². The van der Waals surface area contributed by atoms with Gasteiger partial charge in [0.25, 0.3) is 11.5 Å². The van der Waals surface area contributed by atoms with Crippen LogP contribution in [0.1, 0.15) is 46.4 Å². The highest BCUT2D eigenvalue weighted by Gasteiger charge is 2.34. The molecular weight excluding hydrogens is 488 g/mol. The summed E-state index contributed by atoms with van der Waals surface area (Å²) < 4.78 is 7.80. The molecule has 3 aromatic rings. The highest BCUT2D eigenvalue weighted by atomic mass is 16.5. The van der Waals surface area contributed by atoms with Gasteiger partial charge in [0.05, 0.1) is 12.8 Å². The third-order valence-electron chi connectivity index (χ3n) is 7.05. The Hall–Kier alpha value is -4.31. The number of piperidine rings is 1. The number of fused-ring (bicyclic) bond motifs is 4. The van der Waals surface area contributed by atoms with Crippen LogP contribution in [0.25, 0.3) is 0 Å². The van der Waals surface area contributed by atoms with Gasteiger partial charge >= 0.3 is 0 Å². The molecule has 1 saturated heterocycles. The predicted molar refractivity (Wildman–Crippen MR) is 141 cm³/mol. The van der Waals surface area contributed by atoms with E-state index >= 15 is 0 Å². The second-order valence-corrected chi connectivity index (χ2v) is 9.75. The zero-order valence-corrected chi connectivity index (χ0v) is 21.0. The fourth-order valence-electron chi connectivity index (χ4n) is 5.43. The number of aromatic nitrogens is 1. The van der Waals surface area contributed by atoms with Gasteiger partial charge in [-0.1, -0.05) is 6.07 Å². The normalized spacial score (nSPS) is 18.8. The minimum absolute atomic E-state index is 0.0539. The van der Waals surface area contributed by atoms with E-state index in [0.717, 1.165) is 60.8 Å². The number of benzene rings is 2. The van der Waals surface area contributed by atoms with Crippen LogP contribution >= 0.6 is 0 Å². The van der Waals surface area contributed by atoms with Crippen molar-refractivity contribution < 1.29 is 24.9 Å². The third-order valence-corrected chi connectivity index (χ3v) is 7.05. The molecule has 2 aliphatic heterocycles. The quantitative estimate of drug-likeness (QED) is 0.214. The molecule has 0 radical (unpaired) electrons. The summed E-state index contributed by atoms with van der Waals surface area (Å²) in [7, 11) is 0. The molecule has 5 rings (SSSR count). The molecule has 2 bridgehead atoms. The molecule has 2 aromatic carbocycles. The Morgan fingerprint density at radius 3 is 2.66 bits per heavy atom. The van der Waals surface area contributed by atoms with Crippen molar-refractivity contribution in [1.29, 1.82) is 0 Å². The van der Waals surface area contributed by atoms with Crippen LogP contribution in [0.2, 0.25) is 0 Å². The van der Waals surface area contributed by atoms with Crippen molar-refractivity contribution in [1.82, 2.24) is 14.9 Å². The maximum atomic E-state index is 12.3. The molecule has 2 aliphatic rings. The molecule has 4 N–H and O–H groups in total. The van der Waals surface area contributed by atoms with E-state index in [1.165, 1.54) is 6.21 Å². The number of ether oxygens (including phenoxy) is 1. The fraction of sp³-hybridized carbons (Fsp3) is 0.321. The Balaban J connectivity index is 1.30. The highest BCUT2D eigenvalue weighted by Crippen LogP contribution is 2.37. The van der Waals surface area contributed by atoms with Crippen molar-refractivity contribution in [2.75, 3.05) is 19.7 Å². The number of hydrazone groups is 1. The summed E-state index contributed by atoms with van der Waals surface area (Å²) in [5.41, 5.74) is 5.24. The Morgan fingerprint density at radius 1 is 1.11 bits per heavy atom. The monoisotopic (exact) mass is 518 g/mol. The number of amides is 1. The van der Waals surface area contributed by atoms with Crippen LogP contribution in [0.4, 0.5) is 0 Å². The van der Waals surface area contributed by atoms with Gasteiger partial charge in [-0.2, -0.15) is 5.10 Å². The van der Waals surface area contributed by atoms with Crippen molar-refractivity contribution in [3.05, 3.63) is 81.3 Å². The highest BCUT2D eigenvalue weighted by molar-refractivity contribution is 5.96. The first-order chi connectivity index (χ1) is 18.3. The molecule has 1 aromatic heterocycles. The van der Waals surface area contributed by atoms with E-state index in [0.29, 0.717) is 25.0 Å². The number of rotatable bonds is 7. The van der Waals surface area contributed by atoms with E-state index in [-0.39, 0.29) is 11.1 Å². The first kappa shape index (κ1) is 25.3. The number of carbonyl (C=O) groups excluding carboxylic acids is 1. The molecule has 198 valence electrons.